The predicted octanol–water partition coefficient (Wildman–Crippen LogP) is 3.26. The van der Waals surface area contributed by atoms with Gasteiger partial charge in [0.15, 0.2) is 0 Å². The van der Waals surface area contributed by atoms with Crippen molar-refractivity contribution in [3.8, 4) is 0 Å². The van der Waals surface area contributed by atoms with E-state index in [1.54, 1.807) is 0 Å². The van der Waals surface area contributed by atoms with E-state index in [0.29, 0.717) is 18.7 Å². The van der Waals surface area contributed by atoms with Crippen LogP contribution in [0.25, 0.3) is 0 Å². The van der Waals surface area contributed by atoms with E-state index in [4.69, 9.17) is 0 Å². The largest absolute Gasteiger partial charge is 0.368 e. The number of nitrogens with zero attached hydrogens (tertiary/aromatic N) is 1. The van der Waals surface area contributed by atoms with E-state index in [9.17, 15) is 4.79 Å². The number of hydrogen-bond acceptors (Lipinski definition) is 3. The van der Waals surface area contributed by atoms with Crippen LogP contribution in [-0.2, 0) is 12.0 Å². The van der Waals surface area contributed by atoms with E-state index in [-0.39, 0.29) is 11.3 Å². The number of fused-ring (bicyclic) bond motifs is 1. The zero-order chi connectivity index (χ0) is 17.9. The van der Waals surface area contributed by atoms with E-state index >= 15 is 0 Å². The summed E-state index contributed by atoms with van der Waals surface area (Å²) in [6.45, 7) is 8.43. The minimum atomic E-state index is -0.0454. The lowest BCUT2D eigenvalue weighted by Gasteiger charge is -2.19. The van der Waals surface area contributed by atoms with Crippen molar-refractivity contribution >= 4 is 11.7 Å². The molecule has 0 saturated carbocycles. The highest BCUT2D eigenvalue weighted by Gasteiger charge is 2.15. The number of carbonyl (C=O) groups excluding carboxylic acids is 1. The van der Waals surface area contributed by atoms with E-state index in [1.165, 1.54) is 11.1 Å². The Morgan fingerprint density at radius 3 is 2.48 bits per heavy atom. The third-order valence-corrected chi connectivity index (χ3v) is 4.40. The number of aliphatic imine (C=N–C) groups is 1. The fraction of sp³-hybridized carbons (Fsp3) is 0.333. The quantitative estimate of drug-likeness (QED) is 0.843. The summed E-state index contributed by atoms with van der Waals surface area (Å²) < 4.78 is 0. The Bertz CT molecular complexity index is 786. The van der Waals surface area contributed by atoms with Crippen LogP contribution in [0.4, 0.5) is 0 Å². The molecule has 1 aliphatic rings. The number of amides is 1. The molecule has 2 aromatic rings. The summed E-state index contributed by atoms with van der Waals surface area (Å²) in [5, 5.41) is 6.26. The number of hydrogen-bond donors (Lipinski definition) is 2. The summed E-state index contributed by atoms with van der Waals surface area (Å²) in [5.41, 5.74) is 4.41. The monoisotopic (exact) mass is 335 g/mol. The molecule has 0 saturated heterocycles. The molecule has 2 aromatic carbocycles. The average Bonchev–Trinajstić information content (AvgIpc) is 3.01. The number of amidine groups is 1. The van der Waals surface area contributed by atoms with Crippen LogP contribution in [0.1, 0.15) is 47.8 Å². The molecule has 1 aliphatic heterocycles. The van der Waals surface area contributed by atoms with Crippen LogP contribution in [0.15, 0.2) is 53.5 Å². The third kappa shape index (κ3) is 4.08. The highest BCUT2D eigenvalue weighted by atomic mass is 16.1. The molecule has 0 aromatic heterocycles. The SMILES string of the molecule is CC(C)(C)c1ccc(C(=O)NCCNC2=NCc3ccccc32)cc1. The van der Waals surface area contributed by atoms with Crippen molar-refractivity contribution in [1.82, 2.24) is 10.6 Å². The van der Waals surface area contributed by atoms with Gasteiger partial charge in [-0.15, -0.1) is 0 Å². The molecule has 0 atom stereocenters. The van der Waals surface area contributed by atoms with Gasteiger partial charge >= 0.3 is 0 Å². The average molecular weight is 335 g/mol. The molecule has 1 amide bonds. The second-order valence-electron chi connectivity index (χ2n) is 7.33. The van der Waals surface area contributed by atoms with Gasteiger partial charge in [0.1, 0.15) is 5.84 Å². The molecular weight excluding hydrogens is 310 g/mol. The zero-order valence-corrected chi connectivity index (χ0v) is 15.1. The molecule has 3 rings (SSSR count). The lowest BCUT2D eigenvalue weighted by atomic mass is 9.87. The maximum atomic E-state index is 12.2. The van der Waals surface area contributed by atoms with Crippen molar-refractivity contribution < 1.29 is 4.79 Å². The first-order chi connectivity index (χ1) is 11.9. The van der Waals surface area contributed by atoms with Crippen LogP contribution in [0.5, 0.6) is 0 Å². The highest BCUT2D eigenvalue weighted by Crippen LogP contribution is 2.22. The molecule has 0 fully saturated rings. The van der Waals surface area contributed by atoms with Gasteiger partial charge in [0.2, 0.25) is 0 Å². The molecule has 2 N–H and O–H groups in total. The highest BCUT2D eigenvalue weighted by molar-refractivity contribution is 6.02. The summed E-state index contributed by atoms with van der Waals surface area (Å²) in [6.07, 6.45) is 0. The Labute approximate surface area is 149 Å². The summed E-state index contributed by atoms with van der Waals surface area (Å²) in [7, 11) is 0. The summed E-state index contributed by atoms with van der Waals surface area (Å²) >= 11 is 0. The molecular formula is C21H25N3O. The Morgan fingerprint density at radius 1 is 1.04 bits per heavy atom. The predicted molar refractivity (Wildman–Crippen MR) is 102 cm³/mol. The second kappa shape index (κ2) is 7.09. The van der Waals surface area contributed by atoms with E-state index in [0.717, 1.165) is 17.9 Å². The molecule has 4 heteroatoms. The molecule has 25 heavy (non-hydrogen) atoms. The van der Waals surface area contributed by atoms with Crippen molar-refractivity contribution in [1.29, 1.82) is 0 Å². The normalized spacial score (nSPS) is 13.2. The van der Waals surface area contributed by atoms with E-state index in [2.05, 4.69) is 48.5 Å². The molecule has 0 bridgehead atoms. The fourth-order valence-corrected chi connectivity index (χ4v) is 2.87. The van der Waals surface area contributed by atoms with Crippen molar-refractivity contribution in [2.45, 2.75) is 32.7 Å². The Kier molecular flexibility index (Phi) is 4.88. The minimum absolute atomic E-state index is 0.0454. The zero-order valence-electron chi connectivity index (χ0n) is 15.1. The number of rotatable bonds is 4. The van der Waals surface area contributed by atoms with Crippen molar-refractivity contribution in [3.63, 3.8) is 0 Å². The van der Waals surface area contributed by atoms with Gasteiger partial charge in [-0.25, -0.2) is 0 Å². The topological polar surface area (TPSA) is 53.5 Å². The molecule has 0 spiro atoms. The molecule has 0 unspecified atom stereocenters. The van der Waals surface area contributed by atoms with Crippen LogP contribution < -0.4 is 10.6 Å². The summed E-state index contributed by atoms with van der Waals surface area (Å²) in [5.74, 6) is 0.871. The Hall–Kier alpha value is -2.62. The van der Waals surface area contributed by atoms with Crippen molar-refractivity contribution in [2.24, 2.45) is 4.99 Å². The third-order valence-electron chi connectivity index (χ3n) is 4.40. The maximum Gasteiger partial charge on any atom is 0.251 e. The molecule has 130 valence electrons. The van der Waals surface area contributed by atoms with Gasteiger partial charge in [-0.05, 0) is 28.7 Å². The Balaban J connectivity index is 1.47. The van der Waals surface area contributed by atoms with Gasteiger partial charge in [-0.2, -0.15) is 0 Å². The number of carbonyl (C=O) groups is 1. The number of nitrogens with one attached hydrogen (secondary N) is 2. The maximum absolute atomic E-state index is 12.2. The first-order valence-corrected chi connectivity index (χ1v) is 8.70. The molecule has 0 radical (unpaired) electrons. The lowest BCUT2D eigenvalue weighted by Crippen LogP contribution is -2.34. The van der Waals surface area contributed by atoms with Gasteiger partial charge in [-0.1, -0.05) is 57.2 Å². The smallest absolute Gasteiger partial charge is 0.251 e. The lowest BCUT2D eigenvalue weighted by molar-refractivity contribution is 0.0954. The van der Waals surface area contributed by atoms with Crippen molar-refractivity contribution in [2.75, 3.05) is 13.1 Å². The van der Waals surface area contributed by atoms with Gasteiger partial charge in [0.05, 0.1) is 6.54 Å². The number of benzene rings is 2. The van der Waals surface area contributed by atoms with Gasteiger partial charge in [-0.3, -0.25) is 9.79 Å². The van der Waals surface area contributed by atoms with Gasteiger partial charge in [0, 0.05) is 24.2 Å². The first kappa shape index (κ1) is 17.2. The van der Waals surface area contributed by atoms with Crippen LogP contribution in [0.3, 0.4) is 0 Å². The Morgan fingerprint density at radius 2 is 1.76 bits per heavy atom. The van der Waals surface area contributed by atoms with Crippen LogP contribution in [-0.4, -0.2) is 24.8 Å². The minimum Gasteiger partial charge on any atom is -0.368 e. The summed E-state index contributed by atoms with van der Waals surface area (Å²) in [6, 6.07) is 16.0. The first-order valence-electron chi connectivity index (χ1n) is 8.70. The second-order valence-corrected chi connectivity index (χ2v) is 7.33. The van der Waals surface area contributed by atoms with E-state index in [1.807, 2.05) is 36.4 Å². The summed E-state index contributed by atoms with van der Waals surface area (Å²) in [4.78, 5) is 16.7. The van der Waals surface area contributed by atoms with Crippen LogP contribution in [0, 0.1) is 0 Å². The van der Waals surface area contributed by atoms with E-state index < -0.39 is 0 Å². The standard InChI is InChI=1S/C21H25N3O/c1-21(2,3)17-10-8-15(9-11-17)20(25)23-13-12-22-19-18-7-5-4-6-16(18)14-24-19/h4-11H,12-14H2,1-3H3,(H,22,24)(H,23,25). The molecule has 0 aliphatic carbocycles. The molecule has 4 nitrogen and oxygen atoms in total. The van der Waals surface area contributed by atoms with Crippen molar-refractivity contribution in [3.05, 3.63) is 70.8 Å². The van der Waals surface area contributed by atoms with Gasteiger partial charge in [0.25, 0.3) is 5.91 Å². The van der Waals surface area contributed by atoms with Crippen LogP contribution >= 0.6 is 0 Å². The van der Waals surface area contributed by atoms with Crippen LogP contribution in [0.2, 0.25) is 0 Å². The molecule has 1 heterocycles. The van der Waals surface area contributed by atoms with Gasteiger partial charge < -0.3 is 10.6 Å². The fourth-order valence-electron chi connectivity index (χ4n) is 2.87.